The fourth-order valence-electron chi connectivity index (χ4n) is 2.79. The molecule has 6 heteroatoms. The Hall–Kier alpha value is -3.15. The van der Waals surface area contributed by atoms with Gasteiger partial charge in [0.1, 0.15) is 17.3 Å². The van der Waals surface area contributed by atoms with Crippen LogP contribution in [0.3, 0.4) is 0 Å². The van der Waals surface area contributed by atoms with Crippen molar-refractivity contribution in [2.45, 2.75) is 39.7 Å². The van der Waals surface area contributed by atoms with Gasteiger partial charge in [0.15, 0.2) is 0 Å². The van der Waals surface area contributed by atoms with Crippen molar-refractivity contribution in [2.24, 2.45) is 0 Å². The minimum atomic E-state index is -0.391. The van der Waals surface area contributed by atoms with Crippen molar-refractivity contribution in [2.75, 3.05) is 5.32 Å². The first kappa shape index (κ1) is 19.6. The molecule has 0 unspecified atom stereocenters. The molecule has 0 saturated carbocycles. The molecule has 2 aromatic carbocycles. The summed E-state index contributed by atoms with van der Waals surface area (Å²) in [6.07, 6.45) is -0.115. The van der Waals surface area contributed by atoms with Gasteiger partial charge in [-0.25, -0.2) is 4.39 Å². The van der Waals surface area contributed by atoms with Crippen LogP contribution in [0, 0.1) is 5.82 Å². The molecule has 3 rings (SSSR count). The van der Waals surface area contributed by atoms with Crippen molar-refractivity contribution in [3.8, 4) is 17.0 Å². The standard InChI is InChI=1S/C22H24FN3O2/c1-13(2)15-5-8-17(9-6-15)24-22(27)20-12-19(25-26-20)18-10-7-16(23)11-21(18)28-14(3)4/h5-14H,1-4H3,(H,24,27)(H,25,26). The second kappa shape index (κ2) is 8.25. The molecule has 1 heterocycles. The molecule has 0 aliphatic rings. The lowest BCUT2D eigenvalue weighted by atomic mass is 10.0. The van der Waals surface area contributed by atoms with Crippen LogP contribution in [-0.4, -0.2) is 22.2 Å². The van der Waals surface area contributed by atoms with Gasteiger partial charge in [0.05, 0.1) is 11.8 Å². The Morgan fingerprint density at radius 1 is 1.07 bits per heavy atom. The largest absolute Gasteiger partial charge is 0.490 e. The molecule has 0 aliphatic heterocycles. The lowest BCUT2D eigenvalue weighted by molar-refractivity contribution is 0.102. The van der Waals surface area contributed by atoms with E-state index in [-0.39, 0.29) is 12.0 Å². The number of halogens is 1. The third-order valence-corrected chi connectivity index (χ3v) is 4.24. The normalized spacial score (nSPS) is 11.1. The average Bonchev–Trinajstić information content (AvgIpc) is 3.12. The number of carbonyl (C=O) groups excluding carboxylic acids is 1. The van der Waals surface area contributed by atoms with Gasteiger partial charge in [0.2, 0.25) is 0 Å². The van der Waals surface area contributed by atoms with E-state index in [9.17, 15) is 9.18 Å². The van der Waals surface area contributed by atoms with E-state index in [0.29, 0.717) is 34.3 Å². The van der Waals surface area contributed by atoms with Crippen molar-refractivity contribution < 1.29 is 13.9 Å². The van der Waals surface area contributed by atoms with E-state index >= 15 is 0 Å². The number of aromatic amines is 1. The quantitative estimate of drug-likeness (QED) is 0.602. The third kappa shape index (κ3) is 4.57. The number of H-pyrrole nitrogens is 1. The Bertz CT molecular complexity index is 962. The molecule has 0 radical (unpaired) electrons. The highest BCUT2D eigenvalue weighted by atomic mass is 19.1. The van der Waals surface area contributed by atoms with E-state index in [2.05, 4.69) is 29.4 Å². The van der Waals surface area contributed by atoms with Crippen LogP contribution in [0.4, 0.5) is 10.1 Å². The van der Waals surface area contributed by atoms with Crippen LogP contribution in [0.5, 0.6) is 5.75 Å². The zero-order valence-corrected chi connectivity index (χ0v) is 16.4. The number of amides is 1. The van der Waals surface area contributed by atoms with E-state index in [1.807, 2.05) is 38.1 Å². The number of nitrogens with zero attached hydrogens (tertiary/aromatic N) is 1. The molecule has 0 atom stereocenters. The molecular weight excluding hydrogens is 357 g/mol. The highest BCUT2D eigenvalue weighted by molar-refractivity contribution is 6.03. The van der Waals surface area contributed by atoms with E-state index < -0.39 is 5.82 Å². The summed E-state index contributed by atoms with van der Waals surface area (Å²) in [5, 5.41) is 9.78. The van der Waals surface area contributed by atoms with E-state index in [4.69, 9.17) is 4.74 Å². The van der Waals surface area contributed by atoms with E-state index in [1.54, 1.807) is 12.1 Å². The van der Waals surface area contributed by atoms with Gasteiger partial charge in [-0.15, -0.1) is 0 Å². The highest BCUT2D eigenvalue weighted by Crippen LogP contribution is 2.30. The number of aromatic nitrogens is 2. The van der Waals surface area contributed by atoms with E-state index in [1.165, 1.54) is 17.7 Å². The Kier molecular flexibility index (Phi) is 5.78. The van der Waals surface area contributed by atoms with Crippen LogP contribution >= 0.6 is 0 Å². The maximum Gasteiger partial charge on any atom is 0.273 e. The van der Waals surface area contributed by atoms with E-state index in [0.717, 1.165) is 0 Å². The van der Waals surface area contributed by atoms with Crippen LogP contribution in [0.15, 0.2) is 48.5 Å². The number of nitrogens with one attached hydrogen (secondary N) is 2. The van der Waals surface area contributed by atoms with Gasteiger partial charge in [-0.05, 0) is 55.7 Å². The maximum atomic E-state index is 13.6. The Morgan fingerprint density at radius 2 is 1.79 bits per heavy atom. The molecule has 0 fully saturated rings. The molecule has 28 heavy (non-hydrogen) atoms. The molecule has 0 saturated heterocycles. The predicted octanol–water partition coefficient (Wildman–Crippen LogP) is 5.38. The number of benzene rings is 2. The minimum Gasteiger partial charge on any atom is -0.490 e. The van der Waals surface area contributed by atoms with Gasteiger partial charge in [-0.3, -0.25) is 9.89 Å². The van der Waals surface area contributed by atoms with Crippen molar-refractivity contribution in [1.82, 2.24) is 10.2 Å². The number of anilines is 1. The number of rotatable bonds is 6. The Morgan fingerprint density at radius 3 is 2.43 bits per heavy atom. The van der Waals surface area contributed by atoms with Gasteiger partial charge < -0.3 is 10.1 Å². The topological polar surface area (TPSA) is 67.0 Å². The molecule has 0 aliphatic carbocycles. The second-order valence-electron chi connectivity index (χ2n) is 7.20. The number of ether oxygens (including phenoxy) is 1. The zero-order valence-electron chi connectivity index (χ0n) is 16.4. The molecule has 1 aromatic heterocycles. The molecule has 0 spiro atoms. The van der Waals surface area contributed by atoms with Gasteiger partial charge in [-0.2, -0.15) is 5.10 Å². The van der Waals surface area contributed by atoms with Gasteiger partial charge >= 0.3 is 0 Å². The second-order valence-corrected chi connectivity index (χ2v) is 7.20. The first-order valence-corrected chi connectivity index (χ1v) is 9.26. The lowest BCUT2D eigenvalue weighted by Gasteiger charge is -2.13. The smallest absolute Gasteiger partial charge is 0.273 e. The Labute approximate surface area is 163 Å². The zero-order chi connectivity index (χ0) is 20.3. The monoisotopic (exact) mass is 381 g/mol. The summed E-state index contributed by atoms with van der Waals surface area (Å²) in [5.41, 5.74) is 3.34. The number of carbonyl (C=O) groups is 1. The molecule has 0 bridgehead atoms. The number of hydrogen-bond donors (Lipinski definition) is 2. The molecular formula is C22H24FN3O2. The summed E-state index contributed by atoms with van der Waals surface area (Å²) in [6, 6.07) is 13.6. The summed E-state index contributed by atoms with van der Waals surface area (Å²) in [5.74, 6) is 0.123. The van der Waals surface area contributed by atoms with Crippen molar-refractivity contribution in [3.63, 3.8) is 0 Å². The molecule has 146 valence electrons. The predicted molar refractivity (Wildman–Crippen MR) is 108 cm³/mol. The molecule has 5 nitrogen and oxygen atoms in total. The number of hydrogen-bond acceptors (Lipinski definition) is 3. The molecule has 1 amide bonds. The third-order valence-electron chi connectivity index (χ3n) is 4.24. The summed E-state index contributed by atoms with van der Waals surface area (Å²) in [6.45, 7) is 7.96. The SMILES string of the molecule is CC(C)Oc1cc(F)ccc1-c1cc(C(=O)Nc2ccc(C(C)C)cc2)[nH]n1. The first-order valence-electron chi connectivity index (χ1n) is 9.26. The van der Waals surface area contributed by atoms with Crippen molar-refractivity contribution >= 4 is 11.6 Å². The molecule has 3 aromatic rings. The van der Waals surface area contributed by atoms with Gasteiger partial charge in [0.25, 0.3) is 5.91 Å². The van der Waals surface area contributed by atoms with Crippen molar-refractivity contribution in [3.05, 3.63) is 65.6 Å². The van der Waals surface area contributed by atoms with Crippen LogP contribution in [0.1, 0.15) is 49.7 Å². The summed E-state index contributed by atoms with van der Waals surface area (Å²) < 4.78 is 19.3. The van der Waals surface area contributed by atoms with Gasteiger partial charge in [-0.1, -0.05) is 26.0 Å². The summed E-state index contributed by atoms with van der Waals surface area (Å²) >= 11 is 0. The first-order chi connectivity index (χ1) is 13.3. The summed E-state index contributed by atoms with van der Waals surface area (Å²) in [7, 11) is 0. The van der Waals surface area contributed by atoms with Gasteiger partial charge in [0, 0.05) is 17.3 Å². The van der Waals surface area contributed by atoms with Crippen LogP contribution in [-0.2, 0) is 0 Å². The minimum absolute atomic E-state index is 0.115. The Balaban J connectivity index is 1.79. The summed E-state index contributed by atoms with van der Waals surface area (Å²) in [4.78, 5) is 12.5. The fraction of sp³-hybridized carbons (Fsp3) is 0.273. The molecule has 2 N–H and O–H groups in total. The van der Waals surface area contributed by atoms with Crippen LogP contribution in [0.2, 0.25) is 0 Å². The maximum absolute atomic E-state index is 13.6. The lowest BCUT2D eigenvalue weighted by Crippen LogP contribution is -2.12. The fourth-order valence-corrected chi connectivity index (χ4v) is 2.79. The van der Waals surface area contributed by atoms with Crippen LogP contribution < -0.4 is 10.1 Å². The average molecular weight is 381 g/mol. The highest BCUT2D eigenvalue weighted by Gasteiger charge is 2.16. The van der Waals surface area contributed by atoms with Crippen molar-refractivity contribution in [1.29, 1.82) is 0 Å². The van der Waals surface area contributed by atoms with Crippen LogP contribution in [0.25, 0.3) is 11.3 Å².